The zero-order valence-electron chi connectivity index (χ0n) is 6.14. The molecule has 0 aromatic rings. The lowest BCUT2D eigenvalue weighted by Gasteiger charge is -2.07. The maximum atomic E-state index is 13.0. The van der Waals surface area contributed by atoms with Crippen LogP contribution in [0.1, 0.15) is 19.3 Å². The first kappa shape index (κ1) is 6.77. The molecule has 0 aliphatic heterocycles. The molecule has 2 aliphatic rings. The van der Waals surface area contributed by atoms with Gasteiger partial charge in [0.1, 0.15) is 6.17 Å². The molecule has 0 fully saturated rings. The predicted octanol–water partition coefficient (Wildman–Crippen LogP) is 1.94. The molecular formula is C9H9FO. The Bertz CT molecular complexity index is 263. The van der Waals surface area contributed by atoms with Crippen LogP contribution in [0.2, 0.25) is 0 Å². The second-order valence-corrected chi connectivity index (χ2v) is 2.97. The van der Waals surface area contributed by atoms with Crippen molar-refractivity contribution in [3.63, 3.8) is 0 Å². The van der Waals surface area contributed by atoms with Crippen LogP contribution in [0.15, 0.2) is 23.3 Å². The summed E-state index contributed by atoms with van der Waals surface area (Å²) >= 11 is 0. The summed E-state index contributed by atoms with van der Waals surface area (Å²) < 4.78 is 13.0. The lowest BCUT2D eigenvalue weighted by Crippen LogP contribution is -1.99. The monoisotopic (exact) mass is 152 g/mol. The van der Waals surface area contributed by atoms with E-state index in [1.807, 2.05) is 6.08 Å². The van der Waals surface area contributed by atoms with E-state index in [-0.39, 0.29) is 12.2 Å². The molecule has 58 valence electrons. The highest BCUT2D eigenvalue weighted by atomic mass is 19.1. The van der Waals surface area contributed by atoms with Crippen molar-refractivity contribution in [3.8, 4) is 0 Å². The largest absolute Gasteiger partial charge is 0.294 e. The lowest BCUT2D eigenvalue weighted by molar-refractivity contribution is -0.115. The summed E-state index contributed by atoms with van der Waals surface area (Å²) in [6.07, 6.45) is 4.41. The number of carbonyl (C=O) groups is 1. The quantitative estimate of drug-likeness (QED) is 0.518. The Morgan fingerprint density at radius 2 is 2.36 bits per heavy atom. The minimum Gasteiger partial charge on any atom is -0.294 e. The van der Waals surface area contributed by atoms with Crippen molar-refractivity contribution in [2.75, 3.05) is 0 Å². The summed E-state index contributed by atoms with van der Waals surface area (Å²) in [6, 6.07) is 0. The molecule has 1 unspecified atom stereocenters. The fourth-order valence-corrected chi connectivity index (χ4v) is 1.68. The molecule has 0 amide bonds. The van der Waals surface area contributed by atoms with Gasteiger partial charge in [-0.15, -0.1) is 0 Å². The Morgan fingerprint density at radius 1 is 1.55 bits per heavy atom. The van der Waals surface area contributed by atoms with E-state index in [1.54, 1.807) is 6.08 Å². The van der Waals surface area contributed by atoms with Crippen LogP contribution in [-0.2, 0) is 4.79 Å². The van der Waals surface area contributed by atoms with Crippen molar-refractivity contribution in [2.24, 2.45) is 0 Å². The second-order valence-electron chi connectivity index (χ2n) is 2.97. The van der Waals surface area contributed by atoms with E-state index in [0.29, 0.717) is 5.57 Å². The number of allylic oxidation sites excluding steroid dienone is 4. The molecule has 2 aliphatic carbocycles. The maximum absolute atomic E-state index is 13.0. The molecule has 1 nitrogen and oxygen atoms in total. The first-order valence-corrected chi connectivity index (χ1v) is 3.86. The van der Waals surface area contributed by atoms with Gasteiger partial charge in [0.05, 0.1) is 0 Å². The van der Waals surface area contributed by atoms with Crippen LogP contribution < -0.4 is 0 Å². The van der Waals surface area contributed by atoms with Crippen molar-refractivity contribution in [3.05, 3.63) is 23.3 Å². The van der Waals surface area contributed by atoms with Gasteiger partial charge in [-0.1, -0.05) is 12.2 Å². The van der Waals surface area contributed by atoms with E-state index >= 15 is 0 Å². The summed E-state index contributed by atoms with van der Waals surface area (Å²) in [5.74, 6) is -0.0246. The molecule has 0 saturated carbocycles. The van der Waals surface area contributed by atoms with Gasteiger partial charge >= 0.3 is 0 Å². The van der Waals surface area contributed by atoms with E-state index in [1.165, 1.54) is 0 Å². The summed E-state index contributed by atoms with van der Waals surface area (Å²) in [5, 5.41) is 0. The van der Waals surface area contributed by atoms with Gasteiger partial charge in [0.15, 0.2) is 5.78 Å². The minimum atomic E-state index is -0.984. The molecule has 0 aromatic heterocycles. The smallest absolute Gasteiger partial charge is 0.166 e. The van der Waals surface area contributed by atoms with E-state index in [9.17, 15) is 9.18 Å². The highest BCUT2D eigenvalue weighted by Gasteiger charge is 2.31. The number of Topliss-reactive ketones (excluding diaryl/α,β-unsaturated/α-hetero) is 1. The van der Waals surface area contributed by atoms with E-state index < -0.39 is 6.17 Å². The van der Waals surface area contributed by atoms with Crippen LogP contribution in [0, 0.1) is 0 Å². The van der Waals surface area contributed by atoms with E-state index in [0.717, 1.165) is 18.4 Å². The summed E-state index contributed by atoms with van der Waals surface area (Å²) in [6.45, 7) is 0. The minimum absolute atomic E-state index is 0.0246. The van der Waals surface area contributed by atoms with E-state index in [2.05, 4.69) is 0 Å². The highest BCUT2D eigenvalue weighted by Crippen LogP contribution is 2.32. The first-order valence-electron chi connectivity index (χ1n) is 3.86. The first-order chi connectivity index (χ1) is 5.29. The van der Waals surface area contributed by atoms with Crippen LogP contribution in [0.5, 0.6) is 0 Å². The molecule has 2 heteroatoms. The molecular weight excluding hydrogens is 143 g/mol. The molecule has 0 saturated heterocycles. The maximum Gasteiger partial charge on any atom is 0.166 e. The van der Waals surface area contributed by atoms with E-state index in [4.69, 9.17) is 0 Å². The van der Waals surface area contributed by atoms with Gasteiger partial charge in [0.2, 0.25) is 0 Å². The molecule has 0 radical (unpaired) electrons. The van der Waals surface area contributed by atoms with Crippen LogP contribution in [-0.4, -0.2) is 12.0 Å². The molecule has 0 aromatic carbocycles. The molecule has 0 spiro atoms. The van der Waals surface area contributed by atoms with Crippen molar-refractivity contribution < 1.29 is 9.18 Å². The molecule has 0 N–H and O–H groups in total. The van der Waals surface area contributed by atoms with Crippen molar-refractivity contribution in [2.45, 2.75) is 25.4 Å². The number of halogens is 1. The summed E-state index contributed by atoms with van der Waals surface area (Å²) in [4.78, 5) is 11.1. The predicted molar refractivity (Wildman–Crippen MR) is 39.9 cm³/mol. The zero-order valence-corrected chi connectivity index (χ0v) is 6.14. The van der Waals surface area contributed by atoms with Crippen molar-refractivity contribution in [1.82, 2.24) is 0 Å². The molecule has 11 heavy (non-hydrogen) atoms. The number of ketones is 1. The van der Waals surface area contributed by atoms with Crippen LogP contribution in [0.4, 0.5) is 4.39 Å². The van der Waals surface area contributed by atoms with Crippen LogP contribution in [0.25, 0.3) is 0 Å². The van der Waals surface area contributed by atoms with Gasteiger partial charge in [-0.3, -0.25) is 4.79 Å². The zero-order chi connectivity index (χ0) is 7.84. The fraction of sp³-hybridized carbons (Fsp3) is 0.444. The van der Waals surface area contributed by atoms with Crippen LogP contribution in [0.3, 0.4) is 0 Å². The Hall–Kier alpha value is -0.920. The van der Waals surface area contributed by atoms with Crippen molar-refractivity contribution in [1.29, 1.82) is 0 Å². The third-order valence-corrected chi connectivity index (χ3v) is 2.25. The number of carbonyl (C=O) groups excluding carboxylic acids is 1. The number of hydrogen-bond donors (Lipinski definition) is 0. The highest BCUT2D eigenvalue weighted by molar-refractivity contribution is 6.02. The van der Waals surface area contributed by atoms with Gasteiger partial charge < -0.3 is 0 Å². The van der Waals surface area contributed by atoms with Gasteiger partial charge in [-0.2, -0.15) is 0 Å². The standard InChI is InChI=1S/C9H9FO/c10-8-5-9(11)7-4-2-1-3-6(7)8/h2,4,8H,1,3,5H2. The number of alkyl halides is 1. The second kappa shape index (κ2) is 2.29. The summed E-state index contributed by atoms with van der Waals surface area (Å²) in [7, 11) is 0. The Labute approximate surface area is 64.6 Å². The van der Waals surface area contributed by atoms with Crippen molar-refractivity contribution >= 4 is 5.78 Å². The topological polar surface area (TPSA) is 17.1 Å². The number of hydrogen-bond acceptors (Lipinski definition) is 1. The molecule has 0 bridgehead atoms. The molecule has 1 atom stereocenters. The van der Waals surface area contributed by atoms with Gasteiger partial charge in [0.25, 0.3) is 0 Å². The number of rotatable bonds is 0. The Morgan fingerprint density at radius 3 is 3.09 bits per heavy atom. The third kappa shape index (κ3) is 0.934. The third-order valence-electron chi connectivity index (χ3n) is 2.25. The van der Waals surface area contributed by atoms with Gasteiger partial charge in [0, 0.05) is 12.0 Å². The van der Waals surface area contributed by atoms with Crippen LogP contribution >= 0.6 is 0 Å². The molecule has 0 heterocycles. The fourth-order valence-electron chi connectivity index (χ4n) is 1.68. The Balaban J connectivity index is 2.41. The lowest BCUT2D eigenvalue weighted by atomic mass is 10.00. The van der Waals surface area contributed by atoms with Gasteiger partial charge in [-0.05, 0) is 18.4 Å². The summed E-state index contributed by atoms with van der Waals surface area (Å²) in [5.41, 5.74) is 1.38. The SMILES string of the molecule is O=C1CC(F)C2=C1C=CCC2. The Kier molecular flexibility index (Phi) is 1.41. The molecule has 2 rings (SSSR count). The average molecular weight is 152 g/mol. The van der Waals surface area contributed by atoms with Gasteiger partial charge in [-0.25, -0.2) is 4.39 Å². The normalized spacial score (nSPS) is 29.5. The average Bonchev–Trinajstić information content (AvgIpc) is 2.30.